The fourth-order valence-corrected chi connectivity index (χ4v) is 2.99. The Bertz CT molecular complexity index is 271. The van der Waals surface area contributed by atoms with Gasteiger partial charge in [-0.15, -0.1) is 0 Å². The minimum atomic E-state index is -2.46. The molecule has 0 aromatic heterocycles. The molecule has 2 nitrogen and oxygen atoms in total. The maximum absolute atomic E-state index is 12.4. The van der Waals surface area contributed by atoms with Gasteiger partial charge in [0.05, 0.1) is 6.54 Å². The Morgan fingerprint density at radius 1 is 1.53 bits per heavy atom. The van der Waals surface area contributed by atoms with E-state index in [1.54, 1.807) is 0 Å². The lowest BCUT2D eigenvalue weighted by Gasteiger charge is -2.31. The highest BCUT2D eigenvalue weighted by Crippen LogP contribution is 2.43. The molecule has 1 atom stereocenters. The molecule has 1 fully saturated rings. The molecule has 1 aliphatic carbocycles. The van der Waals surface area contributed by atoms with Gasteiger partial charge in [-0.25, -0.2) is 8.78 Å². The Labute approximate surface area is 110 Å². The van der Waals surface area contributed by atoms with E-state index in [-0.39, 0.29) is 17.2 Å². The summed E-state index contributed by atoms with van der Waals surface area (Å²) in [7, 11) is 0. The van der Waals surface area contributed by atoms with Crippen LogP contribution in [-0.2, 0) is 4.79 Å². The number of alkyl halides is 3. The first-order chi connectivity index (χ1) is 7.88. The summed E-state index contributed by atoms with van der Waals surface area (Å²) < 4.78 is 24.9. The van der Waals surface area contributed by atoms with Crippen LogP contribution < -0.4 is 0 Å². The molecule has 0 radical (unpaired) electrons. The standard InChI is InChI=1S/C12H20BrF2NO/c1-12(2)5-3-4-9(12)11(17)16(7-6-13)8-10(14)15/h9-10H,3-8H2,1-2H3. The number of hydrogen-bond acceptors (Lipinski definition) is 1. The Hall–Kier alpha value is -0.190. The largest absolute Gasteiger partial charge is 0.336 e. The van der Waals surface area contributed by atoms with Crippen LogP contribution in [-0.4, -0.2) is 35.7 Å². The molecule has 17 heavy (non-hydrogen) atoms. The second kappa shape index (κ2) is 6.12. The van der Waals surface area contributed by atoms with Gasteiger partial charge >= 0.3 is 0 Å². The van der Waals surface area contributed by atoms with Crippen molar-refractivity contribution in [2.75, 3.05) is 18.4 Å². The molecule has 0 saturated heterocycles. The molecular weight excluding hydrogens is 292 g/mol. The number of carbonyl (C=O) groups is 1. The van der Waals surface area contributed by atoms with Crippen LogP contribution in [0, 0.1) is 11.3 Å². The van der Waals surface area contributed by atoms with E-state index in [1.165, 1.54) is 4.90 Å². The highest BCUT2D eigenvalue weighted by molar-refractivity contribution is 9.09. The number of hydrogen-bond donors (Lipinski definition) is 0. The van der Waals surface area contributed by atoms with Crippen LogP contribution >= 0.6 is 15.9 Å². The summed E-state index contributed by atoms with van der Waals surface area (Å²) in [4.78, 5) is 13.6. The van der Waals surface area contributed by atoms with Gasteiger partial charge in [-0.1, -0.05) is 36.2 Å². The third-order valence-electron chi connectivity index (χ3n) is 3.58. The molecule has 1 aliphatic rings. The van der Waals surface area contributed by atoms with Gasteiger partial charge in [0.15, 0.2) is 0 Å². The van der Waals surface area contributed by atoms with E-state index in [9.17, 15) is 13.6 Å². The molecule has 0 N–H and O–H groups in total. The Balaban J connectivity index is 2.70. The normalized spacial score (nSPS) is 23.1. The van der Waals surface area contributed by atoms with Crippen LogP contribution in [0.3, 0.4) is 0 Å². The van der Waals surface area contributed by atoms with Gasteiger partial charge < -0.3 is 4.90 Å². The number of amides is 1. The summed E-state index contributed by atoms with van der Waals surface area (Å²) in [5.41, 5.74) is -0.0518. The smallest absolute Gasteiger partial charge is 0.255 e. The first-order valence-electron chi connectivity index (χ1n) is 6.01. The van der Waals surface area contributed by atoms with E-state index in [0.717, 1.165) is 19.3 Å². The van der Waals surface area contributed by atoms with Crippen LogP contribution in [0.2, 0.25) is 0 Å². The maximum Gasteiger partial charge on any atom is 0.255 e. The van der Waals surface area contributed by atoms with Crippen molar-refractivity contribution < 1.29 is 13.6 Å². The lowest BCUT2D eigenvalue weighted by Crippen LogP contribution is -2.43. The predicted molar refractivity (Wildman–Crippen MR) is 67.5 cm³/mol. The molecule has 0 aromatic rings. The average Bonchev–Trinajstić information content (AvgIpc) is 2.56. The quantitative estimate of drug-likeness (QED) is 0.713. The highest BCUT2D eigenvalue weighted by atomic mass is 79.9. The lowest BCUT2D eigenvalue weighted by molar-refractivity contribution is -0.140. The van der Waals surface area contributed by atoms with E-state index in [2.05, 4.69) is 29.8 Å². The Kier molecular flexibility index (Phi) is 5.35. The monoisotopic (exact) mass is 311 g/mol. The second-order valence-corrected chi connectivity index (χ2v) is 6.09. The fourth-order valence-electron chi connectivity index (χ4n) is 2.56. The molecule has 1 unspecified atom stereocenters. The summed E-state index contributed by atoms with van der Waals surface area (Å²) in [6.45, 7) is 4.02. The number of rotatable bonds is 5. The van der Waals surface area contributed by atoms with Crippen LogP contribution in [0.5, 0.6) is 0 Å². The van der Waals surface area contributed by atoms with Gasteiger partial charge in [-0.2, -0.15) is 0 Å². The summed E-state index contributed by atoms with van der Waals surface area (Å²) in [5, 5.41) is 0.540. The van der Waals surface area contributed by atoms with E-state index in [1.807, 2.05) is 0 Å². The van der Waals surface area contributed by atoms with Crippen molar-refractivity contribution in [1.29, 1.82) is 0 Å². The van der Waals surface area contributed by atoms with Gasteiger partial charge in [0.2, 0.25) is 5.91 Å². The van der Waals surface area contributed by atoms with Crippen molar-refractivity contribution in [3.8, 4) is 0 Å². The third kappa shape index (κ3) is 3.90. The summed E-state index contributed by atoms with van der Waals surface area (Å²) >= 11 is 3.21. The molecule has 1 amide bonds. The zero-order valence-corrected chi connectivity index (χ0v) is 12.0. The van der Waals surface area contributed by atoms with E-state index >= 15 is 0 Å². The third-order valence-corrected chi connectivity index (χ3v) is 3.93. The van der Waals surface area contributed by atoms with Gasteiger partial charge in [-0.05, 0) is 18.3 Å². The van der Waals surface area contributed by atoms with Crippen LogP contribution in [0.1, 0.15) is 33.1 Å². The van der Waals surface area contributed by atoms with Gasteiger partial charge in [0.25, 0.3) is 6.43 Å². The van der Waals surface area contributed by atoms with Crippen molar-refractivity contribution in [3.63, 3.8) is 0 Å². The summed E-state index contributed by atoms with van der Waals surface area (Å²) in [5.74, 6) is -0.201. The Morgan fingerprint density at radius 3 is 2.59 bits per heavy atom. The van der Waals surface area contributed by atoms with Crippen LogP contribution in [0.15, 0.2) is 0 Å². The predicted octanol–water partition coefficient (Wildman–Crippen LogP) is 3.30. The van der Waals surface area contributed by atoms with Crippen molar-refractivity contribution in [3.05, 3.63) is 0 Å². The second-order valence-electron chi connectivity index (χ2n) is 5.30. The molecular formula is C12H20BrF2NO. The van der Waals surface area contributed by atoms with E-state index < -0.39 is 13.0 Å². The van der Waals surface area contributed by atoms with Gasteiger partial charge in [-0.3, -0.25) is 4.79 Å². The van der Waals surface area contributed by atoms with Crippen molar-refractivity contribution in [2.45, 2.75) is 39.5 Å². The zero-order chi connectivity index (χ0) is 13.1. The topological polar surface area (TPSA) is 20.3 Å². The maximum atomic E-state index is 12.4. The fraction of sp³-hybridized carbons (Fsp3) is 0.917. The lowest BCUT2D eigenvalue weighted by atomic mass is 9.81. The zero-order valence-electron chi connectivity index (χ0n) is 10.4. The average molecular weight is 312 g/mol. The van der Waals surface area contributed by atoms with Crippen LogP contribution in [0.4, 0.5) is 8.78 Å². The minimum Gasteiger partial charge on any atom is -0.336 e. The van der Waals surface area contributed by atoms with Gasteiger partial charge in [0, 0.05) is 17.8 Å². The number of halogens is 3. The van der Waals surface area contributed by atoms with E-state index in [0.29, 0.717) is 11.9 Å². The summed E-state index contributed by atoms with van der Waals surface area (Å²) in [6, 6.07) is 0. The SMILES string of the molecule is CC1(C)CCCC1C(=O)N(CCBr)CC(F)F. The number of nitrogens with zero attached hydrogens (tertiary/aromatic N) is 1. The molecule has 0 aromatic carbocycles. The minimum absolute atomic E-state index is 0.0518. The van der Waals surface area contributed by atoms with Crippen LogP contribution in [0.25, 0.3) is 0 Å². The van der Waals surface area contributed by atoms with Crippen molar-refractivity contribution in [1.82, 2.24) is 4.90 Å². The molecule has 5 heteroatoms. The number of carbonyl (C=O) groups excluding carboxylic acids is 1. The molecule has 0 aliphatic heterocycles. The first kappa shape index (κ1) is 14.9. The van der Waals surface area contributed by atoms with Gasteiger partial charge in [0.1, 0.15) is 0 Å². The van der Waals surface area contributed by atoms with E-state index in [4.69, 9.17) is 0 Å². The van der Waals surface area contributed by atoms with Crippen molar-refractivity contribution >= 4 is 21.8 Å². The molecule has 0 heterocycles. The Morgan fingerprint density at radius 2 is 2.18 bits per heavy atom. The molecule has 0 bridgehead atoms. The first-order valence-corrected chi connectivity index (χ1v) is 7.13. The molecule has 1 rings (SSSR count). The summed E-state index contributed by atoms with van der Waals surface area (Å²) in [6.07, 6.45) is 0.386. The molecule has 0 spiro atoms. The molecule has 1 saturated carbocycles. The highest BCUT2D eigenvalue weighted by Gasteiger charge is 2.41. The molecule has 100 valence electrons. The van der Waals surface area contributed by atoms with Crippen molar-refractivity contribution in [2.24, 2.45) is 11.3 Å².